The average Bonchev–Trinajstić information content (AvgIpc) is 3.58. The number of fused-ring (bicyclic) bond motifs is 1. The summed E-state index contributed by atoms with van der Waals surface area (Å²) in [4.78, 5) is 28.6. The Morgan fingerprint density at radius 3 is 2.72 bits per heavy atom. The van der Waals surface area contributed by atoms with Gasteiger partial charge in [-0.3, -0.25) is 14.3 Å². The van der Waals surface area contributed by atoms with Crippen molar-refractivity contribution in [3.8, 4) is 0 Å². The van der Waals surface area contributed by atoms with E-state index >= 15 is 0 Å². The van der Waals surface area contributed by atoms with Crippen LogP contribution >= 0.6 is 0 Å². The van der Waals surface area contributed by atoms with Crippen LogP contribution in [0, 0.1) is 11.8 Å². The number of nitrogens with zero attached hydrogens (tertiary/aromatic N) is 3. The number of likely N-dealkylation sites (tertiary alicyclic amines) is 1. The Morgan fingerprint density at radius 2 is 1.97 bits per heavy atom. The van der Waals surface area contributed by atoms with Gasteiger partial charge in [0.2, 0.25) is 11.8 Å². The molecule has 2 saturated heterocycles. The SMILES string of the molecule is O=C(NC1CCC(n2cccn2)CC1)[C@H]1[C@H]2C=C[C@]3(CN(Cc4ccccc4)C(=O)[C@@H]13)O2. The molecule has 3 aliphatic heterocycles. The number of aromatic nitrogens is 2. The van der Waals surface area contributed by atoms with E-state index in [1.165, 1.54) is 0 Å². The lowest BCUT2D eigenvalue weighted by Crippen LogP contribution is -2.48. The third kappa shape index (κ3) is 3.18. The molecule has 4 heterocycles. The highest BCUT2D eigenvalue weighted by molar-refractivity contribution is 5.93. The van der Waals surface area contributed by atoms with Gasteiger partial charge in [-0.25, -0.2) is 0 Å². The molecule has 166 valence electrons. The maximum atomic E-state index is 13.4. The largest absolute Gasteiger partial charge is 0.360 e. The summed E-state index contributed by atoms with van der Waals surface area (Å²) in [5.74, 6) is -0.884. The van der Waals surface area contributed by atoms with Gasteiger partial charge in [0.1, 0.15) is 5.60 Å². The van der Waals surface area contributed by atoms with Crippen LogP contribution in [0.15, 0.2) is 60.9 Å². The molecule has 3 fully saturated rings. The molecule has 4 atom stereocenters. The van der Waals surface area contributed by atoms with Gasteiger partial charge >= 0.3 is 0 Å². The predicted molar refractivity (Wildman–Crippen MR) is 117 cm³/mol. The summed E-state index contributed by atoms with van der Waals surface area (Å²) in [7, 11) is 0. The summed E-state index contributed by atoms with van der Waals surface area (Å²) in [6.07, 6.45) is 11.4. The van der Waals surface area contributed by atoms with Gasteiger partial charge < -0.3 is 15.0 Å². The molecule has 1 N–H and O–H groups in total. The summed E-state index contributed by atoms with van der Waals surface area (Å²) < 4.78 is 8.29. The quantitative estimate of drug-likeness (QED) is 0.737. The molecule has 1 spiro atoms. The lowest BCUT2D eigenvalue weighted by molar-refractivity contribution is -0.138. The van der Waals surface area contributed by atoms with E-state index in [9.17, 15) is 9.59 Å². The Bertz CT molecular complexity index is 1030. The fourth-order valence-electron chi connectivity index (χ4n) is 6.09. The maximum absolute atomic E-state index is 13.4. The van der Waals surface area contributed by atoms with Gasteiger partial charge in [-0.05, 0) is 37.3 Å². The number of hydrogen-bond donors (Lipinski definition) is 1. The van der Waals surface area contributed by atoms with Crippen molar-refractivity contribution in [2.45, 2.75) is 56.0 Å². The summed E-state index contributed by atoms with van der Waals surface area (Å²) >= 11 is 0. The molecule has 0 radical (unpaired) electrons. The molecule has 7 heteroatoms. The number of benzene rings is 1. The number of nitrogens with one attached hydrogen (secondary N) is 1. The van der Waals surface area contributed by atoms with Crippen LogP contribution in [0.1, 0.15) is 37.3 Å². The van der Waals surface area contributed by atoms with Gasteiger partial charge in [0.05, 0.1) is 30.5 Å². The third-order valence-corrected chi connectivity index (χ3v) is 7.64. The van der Waals surface area contributed by atoms with E-state index in [4.69, 9.17) is 4.74 Å². The van der Waals surface area contributed by atoms with Crippen molar-refractivity contribution in [3.05, 3.63) is 66.5 Å². The van der Waals surface area contributed by atoms with Crippen LogP contribution in [0.5, 0.6) is 0 Å². The van der Waals surface area contributed by atoms with E-state index < -0.39 is 17.4 Å². The van der Waals surface area contributed by atoms with E-state index in [0.717, 1.165) is 31.2 Å². The van der Waals surface area contributed by atoms with E-state index in [1.807, 2.05) is 70.5 Å². The summed E-state index contributed by atoms with van der Waals surface area (Å²) in [6.45, 7) is 1.06. The molecule has 1 aromatic carbocycles. The molecular weight excluding hydrogens is 404 g/mol. The first-order valence-corrected chi connectivity index (χ1v) is 11.6. The van der Waals surface area contributed by atoms with Crippen LogP contribution in [0.3, 0.4) is 0 Å². The number of amides is 2. The second kappa shape index (κ2) is 7.59. The molecule has 6 rings (SSSR count). The van der Waals surface area contributed by atoms with Crippen molar-refractivity contribution in [3.63, 3.8) is 0 Å². The molecule has 2 bridgehead atoms. The molecule has 7 nitrogen and oxygen atoms in total. The fraction of sp³-hybridized carbons (Fsp3) is 0.480. The number of carbonyl (C=O) groups excluding carboxylic acids is 2. The fourth-order valence-corrected chi connectivity index (χ4v) is 6.09. The van der Waals surface area contributed by atoms with Crippen LogP contribution in [0.4, 0.5) is 0 Å². The topological polar surface area (TPSA) is 76.5 Å². The second-order valence-corrected chi connectivity index (χ2v) is 9.58. The van der Waals surface area contributed by atoms with E-state index in [-0.39, 0.29) is 24.0 Å². The zero-order chi connectivity index (χ0) is 21.7. The number of rotatable bonds is 5. The molecule has 1 saturated carbocycles. The zero-order valence-electron chi connectivity index (χ0n) is 18.0. The first-order chi connectivity index (χ1) is 15.6. The minimum Gasteiger partial charge on any atom is -0.360 e. The Balaban J connectivity index is 1.13. The molecule has 1 aromatic heterocycles. The molecular formula is C25H28N4O3. The molecule has 4 aliphatic rings. The minimum atomic E-state index is -0.656. The Hall–Kier alpha value is -2.93. The smallest absolute Gasteiger partial charge is 0.230 e. The van der Waals surface area contributed by atoms with E-state index in [0.29, 0.717) is 19.1 Å². The normalized spacial score (nSPS) is 35.3. The highest BCUT2D eigenvalue weighted by atomic mass is 16.5. The van der Waals surface area contributed by atoms with Gasteiger partial charge in [-0.2, -0.15) is 5.10 Å². The first kappa shape index (κ1) is 19.7. The molecule has 2 aromatic rings. The van der Waals surface area contributed by atoms with Crippen molar-refractivity contribution in [1.29, 1.82) is 0 Å². The lowest BCUT2D eigenvalue weighted by Gasteiger charge is -2.31. The lowest BCUT2D eigenvalue weighted by atomic mass is 9.76. The standard InChI is InChI=1S/C25H28N4O3/c30-23(27-18-7-9-19(10-8-18)29-14-4-13-26-29)21-20-11-12-25(32-20)16-28(24(31)22(21)25)15-17-5-2-1-3-6-17/h1-6,11-14,18-22H,7-10,15-16H2,(H,27,30)/t18?,19?,20-,21+,22-,25-/m1/s1. The van der Waals surface area contributed by atoms with Crippen molar-refractivity contribution in [1.82, 2.24) is 20.0 Å². The monoisotopic (exact) mass is 432 g/mol. The van der Waals surface area contributed by atoms with Crippen LogP contribution in [0.2, 0.25) is 0 Å². The van der Waals surface area contributed by atoms with Crippen LogP contribution in [0.25, 0.3) is 0 Å². The third-order valence-electron chi connectivity index (χ3n) is 7.64. The molecule has 0 unspecified atom stereocenters. The van der Waals surface area contributed by atoms with E-state index in [2.05, 4.69) is 10.4 Å². The van der Waals surface area contributed by atoms with Crippen LogP contribution in [-0.4, -0.2) is 50.8 Å². The first-order valence-electron chi connectivity index (χ1n) is 11.6. The van der Waals surface area contributed by atoms with Gasteiger partial charge in [0, 0.05) is 25.0 Å². The van der Waals surface area contributed by atoms with Crippen molar-refractivity contribution in [2.24, 2.45) is 11.8 Å². The Kier molecular flexibility index (Phi) is 4.68. The molecule has 1 aliphatic carbocycles. The van der Waals surface area contributed by atoms with Gasteiger partial charge in [0.25, 0.3) is 0 Å². The number of ether oxygens (including phenoxy) is 1. The maximum Gasteiger partial charge on any atom is 0.230 e. The van der Waals surface area contributed by atoms with Crippen molar-refractivity contribution < 1.29 is 14.3 Å². The number of carbonyl (C=O) groups is 2. The Morgan fingerprint density at radius 1 is 1.16 bits per heavy atom. The molecule has 2 amide bonds. The van der Waals surface area contributed by atoms with Gasteiger partial charge in [0.15, 0.2) is 0 Å². The second-order valence-electron chi connectivity index (χ2n) is 9.58. The van der Waals surface area contributed by atoms with Gasteiger partial charge in [-0.1, -0.05) is 42.5 Å². The number of hydrogen-bond acceptors (Lipinski definition) is 4. The highest BCUT2D eigenvalue weighted by Crippen LogP contribution is 2.52. The van der Waals surface area contributed by atoms with Gasteiger partial charge in [-0.15, -0.1) is 0 Å². The minimum absolute atomic E-state index is 0.0308. The van der Waals surface area contributed by atoms with E-state index in [1.54, 1.807) is 0 Å². The summed E-state index contributed by atoms with van der Waals surface area (Å²) in [5.41, 5.74) is 0.432. The van der Waals surface area contributed by atoms with Crippen molar-refractivity contribution >= 4 is 11.8 Å². The summed E-state index contributed by atoms with van der Waals surface area (Å²) in [5, 5.41) is 7.61. The Labute approximate surface area is 187 Å². The summed E-state index contributed by atoms with van der Waals surface area (Å²) in [6, 6.07) is 12.5. The van der Waals surface area contributed by atoms with Crippen molar-refractivity contribution in [2.75, 3.05) is 6.54 Å². The highest BCUT2D eigenvalue weighted by Gasteiger charge is 2.66. The van der Waals surface area contributed by atoms with Crippen LogP contribution in [-0.2, 0) is 20.9 Å². The van der Waals surface area contributed by atoms with Crippen LogP contribution < -0.4 is 5.32 Å². The zero-order valence-corrected chi connectivity index (χ0v) is 18.0. The average molecular weight is 433 g/mol. The predicted octanol–water partition coefficient (Wildman–Crippen LogP) is 2.47. The molecule has 32 heavy (non-hydrogen) atoms.